The molecule has 0 unspecified atom stereocenters. The lowest BCUT2D eigenvalue weighted by atomic mass is 10.3. The van der Waals surface area contributed by atoms with E-state index < -0.39 is 5.25 Å². The predicted molar refractivity (Wildman–Crippen MR) is 96.7 cm³/mol. The number of hydrogen-bond acceptors (Lipinski definition) is 6. The first-order valence-electron chi connectivity index (χ1n) is 7.67. The van der Waals surface area contributed by atoms with Gasteiger partial charge in [-0.3, -0.25) is 9.59 Å². The van der Waals surface area contributed by atoms with Gasteiger partial charge < -0.3 is 14.6 Å². The maximum Gasteiger partial charge on any atom is 0.313 e. The fourth-order valence-electron chi connectivity index (χ4n) is 1.96. The Hall–Kier alpha value is -2.06. The molecule has 7 nitrogen and oxygen atoms in total. The Kier molecular flexibility index (Phi) is 6.83. The molecule has 0 aliphatic carbocycles. The second-order valence-electron chi connectivity index (χ2n) is 5.20. The molecule has 1 aromatic carbocycles. The first-order chi connectivity index (χ1) is 11.9. The number of benzene rings is 1. The van der Waals surface area contributed by atoms with E-state index >= 15 is 0 Å². The van der Waals surface area contributed by atoms with Gasteiger partial charge in [0, 0.05) is 17.8 Å². The van der Waals surface area contributed by atoms with Gasteiger partial charge in [0.1, 0.15) is 12.2 Å². The highest BCUT2D eigenvalue weighted by atomic mass is 35.5. The standard InChI is InChI=1S/C16H19ClN4O3S/c1-4-24-14(22)9-13-19-20-16(21(13)3)25-10(2)15(23)18-12-7-5-6-11(17)8-12/h5-8,10H,4,9H2,1-3H3,(H,18,23)/t10-/m0/s1. The van der Waals surface area contributed by atoms with Crippen molar-refractivity contribution in [3.05, 3.63) is 35.1 Å². The molecule has 25 heavy (non-hydrogen) atoms. The first kappa shape index (κ1) is 19.3. The predicted octanol–water partition coefficient (Wildman–Crippen LogP) is 2.69. The molecule has 0 saturated carbocycles. The zero-order valence-corrected chi connectivity index (χ0v) is 15.7. The molecular weight excluding hydrogens is 364 g/mol. The van der Waals surface area contributed by atoms with Gasteiger partial charge in [-0.25, -0.2) is 0 Å². The van der Waals surface area contributed by atoms with E-state index in [1.165, 1.54) is 11.8 Å². The maximum absolute atomic E-state index is 12.3. The van der Waals surface area contributed by atoms with Crippen molar-refractivity contribution in [1.82, 2.24) is 14.8 Å². The van der Waals surface area contributed by atoms with Crippen LogP contribution in [0.4, 0.5) is 5.69 Å². The lowest BCUT2D eigenvalue weighted by Gasteiger charge is -2.12. The molecular formula is C16H19ClN4O3S. The third-order valence-corrected chi connectivity index (χ3v) is 4.65. The molecule has 0 radical (unpaired) electrons. The minimum atomic E-state index is -0.405. The third-order valence-electron chi connectivity index (χ3n) is 3.28. The summed E-state index contributed by atoms with van der Waals surface area (Å²) in [6.45, 7) is 3.83. The van der Waals surface area contributed by atoms with Crippen LogP contribution in [0.5, 0.6) is 0 Å². The van der Waals surface area contributed by atoms with Crippen molar-refractivity contribution in [2.24, 2.45) is 7.05 Å². The van der Waals surface area contributed by atoms with Crippen molar-refractivity contribution in [3.63, 3.8) is 0 Å². The number of hydrogen-bond donors (Lipinski definition) is 1. The number of thioether (sulfide) groups is 1. The Morgan fingerprint density at radius 1 is 1.40 bits per heavy atom. The lowest BCUT2D eigenvalue weighted by Crippen LogP contribution is -2.22. The van der Waals surface area contributed by atoms with Crippen LogP contribution in [0.15, 0.2) is 29.4 Å². The number of ether oxygens (including phenoxy) is 1. The Morgan fingerprint density at radius 2 is 2.16 bits per heavy atom. The summed E-state index contributed by atoms with van der Waals surface area (Å²) in [7, 11) is 1.75. The second kappa shape index (κ2) is 8.87. The number of anilines is 1. The van der Waals surface area contributed by atoms with Gasteiger partial charge in [0.2, 0.25) is 5.91 Å². The molecule has 9 heteroatoms. The molecule has 1 aromatic heterocycles. The zero-order chi connectivity index (χ0) is 18.4. The van der Waals surface area contributed by atoms with E-state index in [9.17, 15) is 9.59 Å². The number of nitrogens with zero attached hydrogens (tertiary/aromatic N) is 3. The summed E-state index contributed by atoms with van der Waals surface area (Å²) in [4.78, 5) is 23.9. The molecule has 0 bridgehead atoms. The van der Waals surface area contributed by atoms with E-state index in [0.717, 1.165) is 0 Å². The fourth-order valence-corrected chi connectivity index (χ4v) is 2.99. The highest BCUT2D eigenvalue weighted by molar-refractivity contribution is 8.00. The van der Waals surface area contributed by atoms with Crippen LogP contribution in [-0.4, -0.2) is 38.5 Å². The normalized spacial score (nSPS) is 11.8. The number of carbonyl (C=O) groups is 2. The van der Waals surface area contributed by atoms with Crippen LogP contribution in [0.3, 0.4) is 0 Å². The molecule has 0 spiro atoms. The molecule has 0 saturated heterocycles. The third kappa shape index (κ3) is 5.47. The Bertz CT molecular complexity index is 766. The van der Waals surface area contributed by atoms with Gasteiger partial charge in [-0.1, -0.05) is 29.4 Å². The van der Waals surface area contributed by atoms with E-state index in [2.05, 4.69) is 15.5 Å². The quantitative estimate of drug-likeness (QED) is 0.585. The Balaban J connectivity index is 1.98. The van der Waals surface area contributed by atoms with Crippen LogP contribution in [0.1, 0.15) is 19.7 Å². The van der Waals surface area contributed by atoms with E-state index in [1.54, 1.807) is 49.7 Å². The average Bonchev–Trinajstić information content (AvgIpc) is 2.88. The van der Waals surface area contributed by atoms with E-state index in [-0.39, 0.29) is 18.3 Å². The number of aromatic nitrogens is 3. The average molecular weight is 383 g/mol. The minimum Gasteiger partial charge on any atom is -0.466 e. The number of esters is 1. The van der Waals surface area contributed by atoms with Crippen molar-refractivity contribution < 1.29 is 14.3 Å². The molecule has 2 aromatic rings. The second-order valence-corrected chi connectivity index (χ2v) is 6.94. The number of carbonyl (C=O) groups excluding carboxylic acids is 2. The molecule has 0 aliphatic heterocycles. The minimum absolute atomic E-state index is 0.0427. The van der Waals surface area contributed by atoms with E-state index in [0.29, 0.717) is 28.3 Å². The molecule has 134 valence electrons. The van der Waals surface area contributed by atoms with Crippen molar-refractivity contribution in [3.8, 4) is 0 Å². The number of halogens is 1. The van der Waals surface area contributed by atoms with Crippen LogP contribution in [-0.2, 0) is 27.8 Å². The zero-order valence-electron chi connectivity index (χ0n) is 14.2. The fraction of sp³-hybridized carbons (Fsp3) is 0.375. The molecule has 0 fully saturated rings. The van der Waals surface area contributed by atoms with E-state index in [4.69, 9.17) is 16.3 Å². The van der Waals surface area contributed by atoms with Crippen molar-refractivity contribution in [2.75, 3.05) is 11.9 Å². The van der Waals surface area contributed by atoms with Gasteiger partial charge in [0.25, 0.3) is 0 Å². The highest BCUT2D eigenvalue weighted by Gasteiger charge is 2.20. The van der Waals surface area contributed by atoms with Gasteiger partial charge in [0.05, 0.1) is 11.9 Å². The SMILES string of the molecule is CCOC(=O)Cc1nnc(S[C@@H](C)C(=O)Nc2cccc(Cl)c2)n1C. The summed E-state index contributed by atoms with van der Waals surface area (Å²) in [5.74, 6) is -0.0492. The topological polar surface area (TPSA) is 86.1 Å². The number of nitrogens with one attached hydrogen (secondary N) is 1. The van der Waals surface area contributed by atoms with Crippen LogP contribution in [0.25, 0.3) is 0 Å². The largest absolute Gasteiger partial charge is 0.466 e. The van der Waals surface area contributed by atoms with Crippen LogP contribution < -0.4 is 5.32 Å². The van der Waals surface area contributed by atoms with Gasteiger partial charge in [-0.2, -0.15) is 0 Å². The van der Waals surface area contributed by atoms with Gasteiger partial charge in [0.15, 0.2) is 5.16 Å². The lowest BCUT2D eigenvalue weighted by molar-refractivity contribution is -0.142. The summed E-state index contributed by atoms with van der Waals surface area (Å²) < 4.78 is 6.59. The Labute approximate surface area is 155 Å². The number of amides is 1. The maximum atomic E-state index is 12.3. The van der Waals surface area contributed by atoms with Gasteiger partial charge in [-0.15, -0.1) is 10.2 Å². The van der Waals surface area contributed by atoms with Crippen molar-refractivity contribution in [1.29, 1.82) is 0 Å². The molecule has 1 atom stereocenters. The highest BCUT2D eigenvalue weighted by Crippen LogP contribution is 2.23. The van der Waals surface area contributed by atoms with Crippen molar-refractivity contribution >= 4 is 40.9 Å². The summed E-state index contributed by atoms with van der Waals surface area (Å²) in [5, 5.41) is 11.5. The summed E-state index contributed by atoms with van der Waals surface area (Å²) >= 11 is 7.16. The molecule has 1 N–H and O–H groups in total. The monoisotopic (exact) mass is 382 g/mol. The Morgan fingerprint density at radius 3 is 2.84 bits per heavy atom. The molecule has 1 amide bonds. The van der Waals surface area contributed by atoms with E-state index in [1.807, 2.05) is 0 Å². The van der Waals surface area contributed by atoms with Gasteiger partial charge in [-0.05, 0) is 32.0 Å². The summed E-state index contributed by atoms with van der Waals surface area (Å²) in [6, 6.07) is 6.94. The first-order valence-corrected chi connectivity index (χ1v) is 8.93. The molecule has 0 aliphatic rings. The van der Waals surface area contributed by atoms with Crippen molar-refractivity contribution in [2.45, 2.75) is 30.7 Å². The summed E-state index contributed by atoms with van der Waals surface area (Å²) in [6.07, 6.45) is 0.0427. The van der Waals surface area contributed by atoms with Gasteiger partial charge >= 0.3 is 5.97 Å². The molecule has 1 heterocycles. The summed E-state index contributed by atoms with van der Waals surface area (Å²) in [5.41, 5.74) is 0.630. The number of rotatable bonds is 7. The van der Waals surface area contributed by atoms with Crippen LogP contribution in [0, 0.1) is 0 Å². The molecule has 2 rings (SSSR count). The van der Waals surface area contributed by atoms with Crippen LogP contribution >= 0.6 is 23.4 Å². The smallest absolute Gasteiger partial charge is 0.313 e. The van der Waals surface area contributed by atoms with Crippen LogP contribution in [0.2, 0.25) is 5.02 Å².